The molecular formula is C27H23F2N9O2S. The molecule has 6 aromatic rings. The molecule has 0 amide bonds. The van der Waals surface area contributed by atoms with Gasteiger partial charge in [-0.25, -0.2) is 36.9 Å². The van der Waals surface area contributed by atoms with Gasteiger partial charge in [-0.05, 0) is 41.5 Å². The van der Waals surface area contributed by atoms with Gasteiger partial charge in [-0.15, -0.1) is 0 Å². The molecule has 0 spiro atoms. The van der Waals surface area contributed by atoms with Crippen molar-refractivity contribution in [2.24, 2.45) is 0 Å². The summed E-state index contributed by atoms with van der Waals surface area (Å²) in [5.74, 6) is -0.849. The van der Waals surface area contributed by atoms with E-state index in [0.717, 1.165) is 11.9 Å². The molecule has 1 aromatic carbocycles. The highest BCUT2D eigenvalue weighted by molar-refractivity contribution is 7.88. The van der Waals surface area contributed by atoms with Crippen molar-refractivity contribution in [2.45, 2.75) is 6.54 Å². The Bertz CT molecular complexity index is 2060. The molecule has 0 aliphatic heterocycles. The number of hydrogen-bond donors (Lipinski definition) is 3. The van der Waals surface area contributed by atoms with Gasteiger partial charge in [-0.2, -0.15) is 5.10 Å². The molecule has 14 heteroatoms. The molecule has 3 N–H and O–H groups in total. The third kappa shape index (κ3) is 5.10. The molecule has 0 aliphatic carbocycles. The van der Waals surface area contributed by atoms with Crippen molar-refractivity contribution in [3.63, 3.8) is 0 Å². The fraction of sp³-hybridized carbons (Fsp3) is 0.148. The average molecular weight is 576 g/mol. The second kappa shape index (κ2) is 9.98. The minimum Gasteiger partial charge on any atom is -0.376 e. The molecule has 0 atom stereocenters. The van der Waals surface area contributed by atoms with E-state index in [9.17, 15) is 12.8 Å². The minimum atomic E-state index is -3.47. The monoisotopic (exact) mass is 575 g/mol. The second-order valence-electron chi connectivity index (χ2n) is 9.69. The van der Waals surface area contributed by atoms with Crippen LogP contribution in [0.5, 0.6) is 0 Å². The smallest absolute Gasteiger partial charge is 0.209 e. The summed E-state index contributed by atoms with van der Waals surface area (Å²) < 4.78 is 56.0. The van der Waals surface area contributed by atoms with Crippen molar-refractivity contribution in [2.75, 3.05) is 25.3 Å². The summed E-state index contributed by atoms with van der Waals surface area (Å²) in [6.07, 6.45) is 7.23. The summed E-state index contributed by atoms with van der Waals surface area (Å²) in [6.45, 7) is -0.0789. The lowest BCUT2D eigenvalue weighted by Gasteiger charge is -2.13. The zero-order valence-electron chi connectivity index (χ0n) is 22.1. The number of pyridine rings is 3. The molecule has 5 heterocycles. The maximum Gasteiger partial charge on any atom is 0.209 e. The number of benzene rings is 1. The Morgan fingerprint density at radius 2 is 1.80 bits per heavy atom. The Morgan fingerprint density at radius 1 is 0.976 bits per heavy atom. The van der Waals surface area contributed by atoms with Gasteiger partial charge in [0.05, 0.1) is 23.5 Å². The quantitative estimate of drug-likeness (QED) is 0.259. The van der Waals surface area contributed by atoms with E-state index in [-0.39, 0.29) is 34.7 Å². The summed E-state index contributed by atoms with van der Waals surface area (Å²) in [6, 6.07) is 7.73. The molecule has 0 unspecified atom stereocenters. The molecule has 0 fully saturated rings. The van der Waals surface area contributed by atoms with Crippen LogP contribution in [0.2, 0.25) is 0 Å². The van der Waals surface area contributed by atoms with Gasteiger partial charge >= 0.3 is 0 Å². The molecule has 5 aromatic heterocycles. The van der Waals surface area contributed by atoms with Crippen molar-refractivity contribution in [1.29, 1.82) is 0 Å². The Hall–Kier alpha value is -4.82. The van der Waals surface area contributed by atoms with Gasteiger partial charge in [0.2, 0.25) is 10.0 Å². The SMILES string of the molecule is CN(C)c1cncc(-c2cnc3[nH]nc(-c4nc5c(-c6cc(F)cc(CNS(C)(=O)=O)c6)ccnc5[nH]4)c3c2F)c1. The minimum absolute atomic E-state index is 0.0789. The maximum atomic E-state index is 16.0. The van der Waals surface area contributed by atoms with Crippen molar-refractivity contribution < 1.29 is 17.2 Å². The number of H-pyrrole nitrogens is 2. The number of aromatic nitrogens is 7. The number of sulfonamides is 1. The average Bonchev–Trinajstić information content (AvgIpc) is 3.56. The lowest BCUT2D eigenvalue weighted by molar-refractivity contribution is 0.586. The highest BCUT2D eigenvalue weighted by Crippen LogP contribution is 2.35. The maximum absolute atomic E-state index is 16.0. The van der Waals surface area contributed by atoms with Crippen molar-refractivity contribution in [3.8, 4) is 33.8 Å². The predicted octanol–water partition coefficient (Wildman–Crippen LogP) is 4.02. The highest BCUT2D eigenvalue weighted by atomic mass is 32.2. The number of halogens is 2. The molecule has 0 saturated heterocycles. The van der Waals surface area contributed by atoms with Crippen molar-refractivity contribution in [3.05, 3.63) is 72.3 Å². The van der Waals surface area contributed by atoms with E-state index >= 15 is 4.39 Å². The molecule has 208 valence electrons. The lowest BCUT2D eigenvalue weighted by Crippen LogP contribution is -2.21. The molecule has 0 bridgehead atoms. The van der Waals surface area contributed by atoms with Crippen LogP contribution in [0.15, 0.2) is 55.1 Å². The Labute approximate surface area is 232 Å². The van der Waals surface area contributed by atoms with E-state index in [1.54, 1.807) is 24.5 Å². The van der Waals surface area contributed by atoms with Gasteiger partial charge in [0.15, 0.2) is 17.1 Å². The summed E-state index contributed by atoms with van der Waals surface area (Å²) in [7, 11) is 0.269. The van der Waals surface area contributed by atoms with Crippen LogP contribution in [0.25, 0.3) is 56.0 Å². The number of anilines is 1. The van der Waals surface area contributed by atoms with Crippen LogP contribution in [-0.2, 0) is 16.6 Å². The molecule has 0 saturated carbocycles. The normalized spacial score (nSPS) is 11.9. The van der Waals surface area contributed by atoms with Crippen LogP contribution >= 0.6 is 0 Å². The molecule has 41 heavy (non-hydrogen) atoms. The van der Waals surface area contributed by atoms with Gasteiger partial charge in [0.1, 0.15) is 22.8 Å². The van der Waals surface area contributed by atoms with E-state index in [1.807, 2.05) is 25.1 Å². The van der Waals surface area contributed by atoms with Crippen LogP contribution in [-0.4, -0.2) is 63.9 Å². The topological polar surface area (TPSA) is 145 Å². The fourth-order valence-electron chi connectivity index (χ4n) is 4.52. The number of fused-ring (bicyclic) bond motifs is 2. The van der Waals surface area contributed by atoms with E-state index in [4.69, 9.17) is 0 Å². The Balaban J connectivity index is 1.45. The Morgan fingerprint density at radius 3 is 2.59 bits per heavy atom. The summed E-state index contributed by atoms with van der Waals surface area (Å²) in [5, 5.41) is 7.18. The van der Waals surface area contributed by atoms with E-state index in [2.05, 4.69) is 39.8 Å². The highest BCUT2D eigenvalue weighted by Gasteiger charge is 2.22. The van der Waals surface area contributed by atoms with Crippen LogP contribution in [0.3, 0.4) is 0 Å². The molecule has 11 nitrogen and oxygen atoms in total. The van der Waals surface area contributed by atoms with Crippen molar-refractivity contribution >= 4 is 37.9 Å². The zero-order valence-corrected chi connectivity index (χ0v) is 22.9. The first kappa shape index (κ1) is 26.4. The number of nitrogens with one attached hydrogen (secondary N) is 3. The third-order valence-corrected chi connectivity index (χ3v) is 7.16. The van der Waals surface area contributed by atoms with E-state index < -0.39 is 21.7 Å². The van der Waals surface area contributed by atoms with E-state index in [1.165, 1.54) is 24.5 Å². The van der Waals surface area contributed by atoms with Crippen molar-refractivity contribution in [1.82, 2.24) is 39.8 Å². The van der Waals surface area contributed by atoms with Gasteiger partial charge in [0.25, 0.3) is 0 Å². The zero-order chi connectivity index (χ0) is 28.9. The molecule has 0 radical (unpaired) electrons. The van der Waals surface area contributed by atoms with Gasteiger partial charge in [-0.3, -0.25) is 10.1 Å². The summed E-state index contributed by atoms with van der Waals surface area (Å²) in [5.41, 5.74) is 4.26. The van der Waals surface area contributed by atoms with Crippen LogP contribution in [0.4, 0.5) is 14.5 Å². The van der Waals surface area contributed by atoms with Crippen LogP contribution in [0.1, 0.15) is 5.56 Å². The first-order chi connectivity index (χ1) is 19.6. The van der Waals surface area contributed by atoms with Crippen LogP contribution < -0.4 is 9.62 Å². The predicted molar refractivity (Wildman–Crippen MR) is 151 cm³/mol. The fourth-order valence-corrected chi connectivity index (χ4v) is 4.95. The number of hydrogen-bond acceptors (Lipinski definition) is 8. The first-order valence-electron chi connectivity index (χ1n) is 12.3. The number of nitrogens with zero attached hydrogens (tertiary/aromatic N) is 6. The number of rotatable bonds is 7. The van der Waals surface area contributed by atoms with Gasteiger partial charge in [-0.1, -0.05) is 0 Å². The number of aromatic amines is 2. The Kier molecular flexibility index (Phi) is 6.43. The summed E-state index contributed by atoms with van der Waals surface area (Å²) in [4.78, 5) is 22.5. The molecule has 0 aliphatic rings. The standard InChI is InChI=1S/C27H23F2N9O2S/c1-38(2)18-9-16(11-30-12-18)20-13-32-25-21(22(20)29)24(36-37-25)27-34-23-19(4-5-31-26(23)35-27)15-6-14(7-17(28)8-15)10-33-41(3,39)40/h4-9,11-13,33H,10H2,1-3H3,(H,31,34,35)(H,32,36,37). The number of imidazole rings is 1. The van der Waals surface area contributed by atoms with Gasteiger partial charge < -0.3 is 9.88 Å². The van der Waals surface area contributed by atoms with Crippen LogP contribution in [0, 0.1) is 11.6 Å². The molecule has 6 rings (SSSR count). The lowest BCUT2D eigenvalue weighted by atomic mass is 10.0. The summed E-state index contributed by atoms with van der Waals surface area (Å²) >= 11 is 0. The third-order valence-electron chi connectivity index (χ3n) is 6.49. The second-order valence-corrected chi connectivity index (χ2v) is 11.5. The van der Waals surface area contributed by atoms with Gasteiger partial charge in [0, 0.05) is 55.9 Å². The van der Waals surface area contributed by atoms with E-state index in [0.29, 0.717) is 33.4 Å². The molecular weight excluding hydrogens is 552 g/mol. The first-order valence-corrected chi connectivity index (χ1v) is 14.2. The largest absolute Gasteiger partial charge is 0.376 e.